The van der Waals surface area contributed by atoms with E-state index < -0.39 is 0 Å². The first kappa shape index (κ1) is 16.5. The fourth-order valence-corrected chi connectivity index (χ4v) is 2.47. The number of aryl methyl sites for hydroxylation is 2. The van der Waals surface area contributed by atoms with Gasteiger partial charge in [0.2, 0.25) is 0 Å². The van der Waals surface area contributed by atoms with Gasteiger partial charge in [0.1, 0.15) is 22.9 Å². The van der Waals surface area contributed by atoms with Crippen LogP contribution in [0, 0.1) is 6.92 Å². The summed E-state index contributed by atoms with van der Waals surface area (Å²) < 4.78 is 6.09. The Balaban J connectivity index is 0.000000956. The minimum absolute atomic E-state index is 0.202. The summed E-state index contributed by atoms with van der Waals surface area (Å²) in [4.78, 5) is 11.1. The summed E-state index contributed by atoms with van der Waals surface area (Å²) in [5.74, 6) is 1.38. The van der Waals surface area contributed by atoms with Gasteiger partial charge in [0.25, 0.3) is 0 Å². The molecule has 3 heteroatoms. The van der Waals surface area contributed by atoms with Gasteiger partial charge in [-0.3, -0.25) is 0 Å². The molecule has 1 heterocycles. The quantitative estimate of drug-likeness (QED) is 0.902. The van der Waals surface area contributed by atoms with Crippen LogP contribution in [-0.4, -0.2) is 16.5 Å². The van der Waals surface area contributed by atoms with Gasteiger partial charge in [-0.05, 0) is 63.3 Å². The molecule has 0 spiro atoms. The van der Waals surface area contributed by atoms with Crippen LogP contribution in [0.4, 0.5) is 0 Å². The number of benzene rings is 1. The Bertz CT molecular complexity index is 479. The van der Waals surface area contributed by atoms with Crippen LogP contribution in [0.25, 0.3) is 0 Å². The van der Waals surface area contributed by atoms with Crippen LogP contribution in [0.3, 0.4) is 0 Å². The number of aromatic hydroxyl groups is 1. The molecule has 1 aliphatic heterocycles. The molecule has 0 saturated carbocycles. The molecule has 0 fully saturated rings. The van der Waals surface area contributed by atoms with Gasteiger partial charge in [0.15, 0.2) is 0 Å². The molecule has 2 rings (SSSR count). The number of carbonyl (C=O) groups excluding carboxylic acids is 1. The minimum Gasteiger partial charge on any atom is -0.508 e. The van der Waals surface area contributed by atoms with E-state index in [0.717, 1.165) is 36.1 Å². The fourth-order valence-electron chi connectivity index (χ4n) is 2.47. The van der Waals surface area contributed by atoms with E-state index in [1.54, 1.807) is 19.1 Å². The number of hydrogen-bond donors (Lipinski definition) is 1. The molecule has 1 aromatic rings. The third kappa shape index (κ3) is 3.99. The second kappa shape index (κ2) is 6.78. The van der Waals surface area contributed by atoms with Gasteiger partial charge in [0.05, 0.1) is 0 Å². The third-order valence-corrected chi connectivity index (χ3v) is 3.61. The topological polar surface area (TPSA) is 46.5 Å². The molecule has 1 atom stereocenters. The molecule has 0 amide bonds. The molecular weight excluding hydrogens is 252 g/mol. The van der Waals surface area contributed by atoms with Crippen molar-refractivity contribution < 1.29 is 14.6 Å². The monoisotopic (exact) mass is 278 g/mol. The molecule has 0 saturated heterocycles. The Hall–Kier alpha value is -1.51. The van der Waals surface area contributed by atoms with Gasteiger partial charge in [-0.25, -0.2) is 0 Å². The van der Waals surface area contributed by atoms with Gasteiger partial charge in [-0.15, -0.1) is 0 Å². The van der Waals surface area contributed by atoms with Crippen LogP contribution in [0.15, 0.2) is 12.1 Å². The number of Topliss-reactive ketones (excluding diaryl/α,β-unsaturated/α-hetero) is 1. The van der Waals surface area contributed by atoms with Gasteiger partial charge in [-0.2, -0.15) is 0 Å². The van der Waals surface area contributed by atoms with E-state index in [0.29, 0.717) is 12.2 Å². The normalized spacial score (nSPS) is 20.2. The molecule has 1 aromatic carbocycles. The van der Waals surface area contributed by atoms with Gasteiger partial charge in [-0.1, -0.05) is 13.8 Å². The van der Waals surface area contributed by atoms with Crippen molar-refractivity contribution in [2.45, 2.75) is 65.9 Å². The van der Waals surface area contributed by atoms with Crippen molar-refractivity contribution in [3.05, 3.63) is 23.3 Å². The van der Waals surface area contributed by atoms with Crippen molar-refractivity contribution in [1.82, 2.24) is 0 Å². The van der Waals surface area contributed by atoms with Gasteiger partial charge >= 0.3 is 0 Å². The van der Waals surface area contributed by atoms with E-state index in [1.165, 1.54) is 0 Å². The molecule has 0 aromatic heterocycles. The first-order valence-corrected chi connectivity index (χ1v) is 7.40. The van der Waals surface area contributed by atoms with E-state index in [1.807, 2.05) is 20.8 Å². The molecule has 1 aliphatic rings. The first-order chi connectivity index (χ1) is 9.39. The maximum Gasteiger partial charge on any atom is 0.129 e. The number of ketones is 1. The smallest absolute Gasteiger partial charge is 0.129 e. The zero-order valence-electron chi connectivity index (χ0n) is 13.2. The van der Waals surface area contributed by atoms with Crippen molar-refractivity contribution in [2.24, 2.45) is 0 Å². The molecule has 0 aliphatic carbocycles. The Morgan fingerprint density at radius 2 is 2.05 bits per heavy atom. The summed E-state index contributed by atoms with van der Waals surface area (Å²) in [7, 11) is 0. The average molecular weight is 278 g/mol. The van der Waals surface area contributed by atoms with E-state index in [2.05, 4.69) is 6.92 Å². The highest BCUT2D eigenvalue weighted by Crippen LogP contribution is 2.39. The van der Waals surface area contributed by atoms with Gasteiger partial charge < -0.3 is 14.6 Å². The summed E-state index contributed by atoms with van der Waals surface area (Å²) in [5, 5.41) is 9.58. The second-order valence-electron chi connectivity index (χ2n) is 5.50. The SMILES string of the molecule is CC.CC(=O)CCC1(C)CCc2cc(O)cc(C)c2O1. The number of ether oxygens (including phenoxy) is 1. The summed E-state index contributed by atoms with van der Waals surface area (Å²) in [6, 6.07) is 3.49. The largest absolute Gasteiger partial charge is 0.508 e. The molecule has 3 nitrogen and oxygen atoms in total. The van der Waals surface area contributed by atoms with Crippen molar-refractivity contribution in [1.29, 1.82) is 0 Å². The lowest BCUT2D eigenvalue weighted by molar-refractivity contribution is -0.118. The number of phenolic OH excluding ortho intramolecular Hbond substituents is 1. The maximum absolute atomic E-state index is 11.1. The van der Waals surface area contributed by atoms with Crippen molar-refractivity contribution in [2.75, 3.05) is 0 Å². The summed E-state index contributed by atoms with van der Waals surface area (Å²) in [5.41, 5.74) is 1.76. The van der Waals surface area contributed by atoms with Crippen LogP contribution in [0.2, 0.25) is 0 Å². The molecule has 1 N–H and O–H groups in total. The number of carbonyl (C=O) groups is 1. The molecule has 20 heavy (non-hydrogen) atoms. The van der Waals surface area contributed by atoms with Crippen molar-refractivity contribution in [3.63, 3.8) is 0 Å². The lowest BCUT2D eigenvalue weighted by Gasteiger charge is -2.36. The van der Waals surface area contributed by atoms with E-state index >= 15 is 0 Å². The highest BCUT2D eigenvalue weighted by molar-refractivity contribution is 5.75. The van der Waals surface area contributed by atoms with Crippen LogP contribution in [0.5, 0.6) is 11.5 Å². The third-order valence-electron chi connectivity index (χ3n) is 3.61. The molecule has 0 radical (unpaired) electrons. The van der Waals surface area contributed by atoms with Crippen molar-refractivity contribution in [3.8, 4) is 11.5 Å². The molecular formula is C17H26O3. The molecule has 1 unspecified atom stereocenters. The number of hydrogen-bond acceptors (Lipinski definition) is 3. The standard InChI is InChI=1S/C15H20O3.C2H6/c1-10-8-13(17)9-12-5-7-15(3,18-14(10)12)6-4-11(2)16;1-2/h8-9,17H,4-7H2,1-3H3;1-2H3. The summed E-state index contributed by atoms with van der Waals surface area (Å²) in [6.07, 6.45) is 3.08. The van der Waals surface area contributed by atoms with E-state index in [-0.39, 0.29) is 11.4 Å². The number of fused-ring (bicyclic) bond motifs is 1. The predicted molar refractivity (Wildman–Crippen MR) is 81.5 cm³/mol. The Labute approximate surface area is 122 Å². The van der Waals surface area contributed by atoms with Crippen LogP contribution < -0.4 is 4.74 Å². The number of rotatable bonds is 3. The lowest BCUT2D eigenvalue weighted by atomic mass is 9.87. The van der Waals surface area contributed by atoms with Gasteiger partial charge in [0, 0.05) is 6.42 Å². The first-order valence-electron chi connectivity index (χ1n) is 7.40. The maximum atomic E-state index is 11.1. The van der Waals surface area contributed by atoms with Crippen LogP contribution in [-0.2, 0) is 11.2 Å². The minimum atomic E-state index is -0.263. The predicted octanol–water partition coefficient (Wildman–Crippen LogP) is 4.18. The second-order valence-corrected chi connectivity index (χ2v) is 5.50. The van der Waals surface area contributed by atoms with E-state index in [9.17, 15) is 9.90 Å². The molecule has 112 valence electrons. The lowest BCUT2D eigenvalue weighted by Crippen LogP contribution is -2.37. The van der Waals surface area contributed by atoms with Crippen molar-refractivity contribution >= 4 is 5.78 Å². The number of phenols is 1. The summed E-state index contributed by atoms with van der Waals surface area (Å²) >= 11 is 0. The van der Waals surface area contributed by atoms with Crippen LogP contribution in [0.1, 0.15) is 58.1 Å². The Morgan fingerprint density at radius 3 is 2.65 bits per heavy atom. The zero-order chi connectivity index (χ0) is 15.3. The highest BCUT2D eigenvalue weighted by atomic mass is 16.5. The fraction of sp³-hybridized carbons (Fsp3) is 0.588. The van der Waals surface area contributed by atoms with Crippen LogP contribution >= 0.6 is 0 Å². The molecule has 0 bridgehead atoms. The highest BCUT2D eigenvalue weighted by Gasteiger charge is 2.32. The average Bonchev–Trinajstić information content (AvgIpc) is 2.40. The van der Waals surface area contributed by atoms with E-state index in [4.69, 9.17) is 4.74 Å². The Kier molecular flexibility index (Phi) is 5.61. The summed E-state index contributed by atoms with van der Waals surface area (Å²) in [6.45, 7) is 9.61. The zero-order valence-corrected chi connectivity index (χ0v) is 13.2. The Morgan fingerprint density at radius 1 is 1.40 bits per heavy atom.